The molecule has 0 atom stereocenters. The molecule has 1 amide bonds. The van der Waals surface area contributed by atoms with Gasteiger partial charge in [0, 0.05) is 38.4 Å². The number of nitrogens with one attached hydrogen (secondary N) is 1. The van der Waals surface area contributed by atoms with Crippen molar-refractivity contribution in [3.63, 3.8) is 0 Å². The van der Waals surface area contributed by atoms with Crippen LogP contribution in [0.5, 0.6) is 5.88 Å². The first kappa shape index (κ1) is 24.0. The molecular formula is C21H26F3N5O2. The van der Waals surface area contributed by atoms with Gasteiger partial charge in [0.2, 0.25) is 11.8 Å². The highest BCUT2D eigenvalue weighted by molar-refractivity contribution is 6.01. The molecule has 1 aliphatic rings. The number of alkyl halides is 3. The standard InChI is InChI=1S/C21H26F3N5O2/c1-4-7-17(27-16-8-9-18(26-15-16)31-21(22,23)24)20(25-10-5-2)29-13-11-28(12-14-29)19(30)6-3/h5-10,15,27H,3-4,11-14H2,1-2H3/b10-5-,17-7-,25-20-. The van der Waals surface area contributed by atoms with E-state index in [1.165, 1.54) is 18.3 Å². The van der Waals surface area contributed by atoms with Crippen molar-refractivity contribution >= 4 is 17.4 Å². The Labute approximate surface area is 179 Å². The maximum absolute atomic E-state index is 12.3. The van der Waals surface area contributed by atoms with E-state index in [9.17, 15) is 18.0 Å². The Hall–Kier alpha value is -3.30. The molecule has 0 spiro atoms. The van der Waals surface area contributed by atoms with Crippen LogP contribution in [0.1, 0.15) is 20.3 Å². The van der Waals surface area contributed by atoms with Crippen LogP contribution in [-0.2, 0) is 4.79 Å². The lowest BCUT2D eigenvalue weighted by Gasteiger charge is -2.36. The molecule has 1 fully saturated rings. The number of ether oxygens (including phenoxy) is 1. The van der Waals surface area contributed by atoms with Crippen LogP contribution >= 0.6 is 0 Å². The predicted octanol–water partition coefficient (Wildman–Crippen LogP) is 3.95. The summed E-state index contributed by atoms with van der Waals surface area (Å²) < 4.78 is 40.8. The number of hydrogen-bond donors (Lipinski definition) is 1. The number of carbonyl (C=O) groups is 1. The zero-order chi connectivity index (χ0) is 22.9. The van der Waals surface area contributed by atoms with E-state index >= 15 is 0 Å². The third kappa shape index (κ3) is 7.47. The lowest BCUT2D eigenvalue weighted by atomic mass is 10.2. The minimum Gasteiger partial charge on any atom is -0.388 e. The van der Waals surface area contributed by atoms with Crippen molar-refractivity contribution < 1.29 is 22.7 Å². The molecule has 1 N–H and O–H groups in total. The number of aliphatic imine (C=N–C) groups is 1. The molecule has 0 aromatic carbocycles. The monoisotopic (exact) mass is 437 g/mol. The number of hydrogen-bond acceptors (Lipinski definition) is 5. The maximum atomic E-state index is 12.3. The number of allylic oxidation sites excluding steroid dienone is 2. The summed E-state index contributed by atoms with van der Waals surface area (Å²) in [7, 11) is 0. The molecule has 0 aliphatic carbocycles. The molecule has 1 saturated heterocycles. The molecule has 1 aliphatic heterocycles. The van der Waals surface area contributed by atoms with E-state index in [2.05, 4.69) is 31.5 Å². The molecule has 0 bridgehead atoms. The first-order chi connectivity index (χ1) is 14.8. The van der Waals surface area contributed by atoms with E-state index in [1.54, 1.807) is 17.2 Å². The van der Waals surface area contributed by atoms with Crippen LogP contribution in [0.2, 0.25) is 0 Å². The first-order valence-corrected chi connectivity index (χ1v) is 9.82. The molecule has 7 nitrogen and oxygen atoms in total. The smallest absolute Gasteiger partial charge is 0.388 e. The van der Waals surface area contributed by atoms with Crippen molar-refractivity contribution in [2.45, 2.75) is 26.6 Å². The summed E-state index contributed by atoms with van der Waals surface area (Å²) in [5.74, 6) is 0.0208. The first-order valence-electron chi connectivity index (χ1n) is 9.82. The SMILES string of the molecule is C=CC(=O)N1CCN(C(=N\C=C/C)/C(=C/CC)Nc2ccc(OC(F)(F)F)nc2)CC1. The van der Waals surface area contributed by atoms with Crippen LogP contribution in [0.4, 0.5) is 18.9 Å². The normalized spacial score (nSPS) is 15.9. The summed E-state index contributed by atoms with van der Waals surface area (Å²) in [6.45, 7) is 9.56. The molecule has 1 aromatic rings. The van der Waals surface area contributed by atoms with Gasteiger partial charge in [0.1, 0.15) is 0 Å². The second-order valence-corrected chi connectivity index (χ2v) is 6.54. The topological polar surface area (TPSA) is 70.1 Å². The fourth-order valence-electron chi connectivity index (χ4n) is 2.93. The molecule has 0 saturated carbocycles. The van der Waals surface area contributed by atoms with Gasteiger partial charge < -0.3 is 19.9 Å². The van der Waals surface area contributed by atoms with Gasteiger partial charge in [0.15, 0.2) is 5.84 Å². The summed E-state index contributed by atoms with van der Waals surface area (Å²) in [6.07, 6.45) is 3.87. The van der Waals surface area contributed by atoms with Gasteiger partial charge in [0.05, 0.1) is 17.6 Å². The van der Waals surface area contributed by atoms with Crippen molar-refractivity contribution in [1.82, 2.24) is 14.8 Å². The third-order valence-electron chi connectivity index (χ3n) is 4.30. The molecular weight excluding hydrogens is 411 g/mol. The molecule has 2 rings (SSSR count). The molecule has 0 unspecified atom stereocenters. The summed E-state index contributed by atoms with van der Waals surface area (Å²) >= 11 is 0. The Kier molecular flexibility index (Phi) is 8.65. The largest absolute Gasteiger partial charge is 0.574 e. The lowest BCUT2D eigenvalue weighted by Crippen LogP contribution is -2.51. The molecule has 10 heteroatoms. The minimum atomic E-state index is -4.79. The molecule has 0 radical (unpaired) electrons. The van der Waals surface area contributed by atoms with Crippen molar-refractivity contribution in [2.75, 3.05) is 31.5 Å². The van der Waals surface area contributed by atoms with Crippen LogP contribution < -0.4 is 10.1 Å². The Bertz CT molecular complexity index is 840. The number of aromatic nitrogens is 1. The summed E-state index contributed by atoms with van der Waals surface area (Å²) in [5.41, 5.74) is 1.18. The molecule has 168 valence electrons. The van der Waals surface area contributed by atoms with Crippen LogP contribution in [-0.4, -0.2) is 59.1 Å². The number of pyridine rings is 1. The fourth-order valence-corrected chi connectivity index (χ4v) is 2.93. The average Bonchev–Trinajstić information content (AvgIpc) is 2.74. The van der Waals surface area contributed by atoms with Gasteiger partial charge in [-0.1, -0.05) is 25.7 Å². The number of amides is 1. The number of halogens is 3. The van der Waals surface area contributed by atoms with Gasteiger partial charge in [-0.05, 0) is 25.5 Å². The van der Waals surface area contributed by atoms with Crippen LogP contribution in [0.3, 0.4) is 0 Å². The van der Waals surface area contributed by atoms with Crippen molar-refractivity contribution in [2.24, 2.45) is 4.99 Å². The van der Waals surface area contributed by atoms with E-state index in [0.29, 0.717) is 49.8 Å². The predicted molar refractivity (Wildman–Crippen MR) is 114 cm³/mol. The zero-order valence-electron chi connectivity index (χ0n) is 17.5. The van der Waals surface area contributed by atoms with Crippen molar-refractivity contribution in [3.05, 3.63) is 55.0 Å². The number of rotatable bonds is 7. The second kappa shape index (κ2) is 11.2. The van der Waals surface area contributed by atoms with Crippen LogP contribution in [0, 0.1) is 0 Å². The number of anilines is 1. The highest BCUT2D eigenvalue weighted by Gasteiger charge is 2.31. The van der Waals surface area contributed by atoms with Crippen LogP contribution in [0.25, 0.3) is 0 Å². The van der Waals surface area contributed by atoms with Gasteiger partial charge in [0.25, 0.3) is 0 Å². The number of carbonyl (C=O) groups excluding carboxylic acids is 1. The number of piperazine rings is 1. The van der Waals surface area contributed by atoms with E-state index in [0.717, 1.165) is 6.07 Å². The van der Waals surface area contributed by atoms with E-state index < -0.39 is 12.2 Å². The summed E-state index contributed by atoms with van der Waals surface area (Å²) in [4.78, 5) is 23.9. The van der Waals surface area contributed by atoms with E-state index in [-0.39, 0.29) is 5.91 Å². The van der Waals surface area contributed by atoms with Crippen molar-refractivity contribution in [3.8, 4) is 5.88 Å². The van der Waals surface area contributed by atoms with E-state index in [1.807, 2.05) is 19.9 Å². The van der Waals surface area contributed by atoms with Gasteiger partial charge in [-0.3, -0.25) is 4.79 Å². The second-order valence-electron chi connectivity index (χ2n) is 6.54. The summed E-state index contributed by atoms with van der Waals surface area (Å²) in [5, 5.41) is 3.18. The molecule has 31 heavy (non-hydrogen) atoms. The van der Waals surface area contributed by atoms with Gasteiger partial charge >= 0.3 is 6.36 Å². The Balaban J connectivity index is 2.20. The Morgan fingerprint density at radius 3 is 2.48 bits per heavy atom. The maximum Gasteiger partial charge on any atom is 0.574 e. The molecule has 2 heterocycles. The van der Waals surface area contributed by atoms with Crippen LogP contribution in [0.15, 0.2) is 60.0 Å². The number of nitrogens with zero attached hydrogens (tertiary/aromatic N) is 4. The van der Waals surface area contributed by atoms with Gasteiger partial charge in [-0.15, -0.1) is 13.2 Å². The number of amidine groups is 1. The summed E-state index contributed by atoms with van der Waals surface area (Å²) in [6, 6.07) is 2.59. The van der Waals surface area contributed by atoms with Crippen molar-refractivity contribution in [1.29, 1.82) is 0 Å². The van der Waals surface area contributed by atoms with Gasteiger partial charge in [-0.25, -0.2) is 9.98 Å². The highest BCUT2D eigenvalue weighted by Crippen LogP contribution is 2.22. The third-order valence-corrected chi connectivity index (χ3v) is 4.30. The molecule has 1 aromatic heterocycles. The lowest BCUT2D eigenvalue weighted by molar-refractivity contribution is -0.276. The highest BCUT2D eigenvalue weighted by atomic mass is 19.4. The van der Waals surface area contributed by atoms with Gasteiger partial charge in [-0.2, -0.15) is 0 Å². The average molecular weight is 437 g/mol. The zero-order valence-corrected chi connectivity index (χ0v) is 17.5. The van der Waals surface area contributed by atoms with E-state index in [4.69, 9.17) is 0 Å². The minimum absolute atomic E-state index is 0.110. The Morgan fingerprint density at radius 1 is 1.29 bits per heavy atom. The fraction of sp³-hybridized carbons (Fsp3) is 0.381. The quantitative estimate of drug-likeness (QED) is 0.397. The Morgan fingerprint density at radius 2 is 1.97 bits per heavy atom.